The molecule has 0 unspecified atom stereocenters. The van der Waals surface area contributed by atoms with Crippen LogP contribution in [-0.2, 0) is 11.3 Å². The number of rotatable bonds is 6. The zero-order valence-electron chi connectivity index (χ0n) is 17.3. The summed E-state index contributed by atoms with van der Waals surface area (Å²) in [6, 6.07) is 15.7. The number of nitrogens with zero attached hydrogens (tertiary/aromatic N) is 6. The third-order valence-electron chi connectivity index (χ3n) is 5.03. The fraction of sp³-hybridized carbons (Fsp3) is 0.174. The molecule has 8 nitrogen and oxygen atoms in total. The van der Waals surface area contributed by atoms with E-state index in [1.54, 1.807) is 10.8 Å². The fourth-order valence-corrected chi connectivity index (χ4v) is 3.48. The topological polar surface area (TPSA) is 101 Å². The molecule has 0 fully saturated rings. The Kier molecular flexibility index (Phi) is 5.58. The average Bonchev–Trinajstić information content (AvgIpc) is 3.35. The second-order valence-corrected chi connectivity index (χ2v) is 7.16. The second-order valence-electron chi connectivity index (χ2n) is 7.16. The lowest BCUT2D eigenvalue weighted by Gasteiger charge is -2.09. The molecule has 0 spiro atoms. The molecule has 4 rings (SSSR count). The molecule has 31 heavy (non-hydrogen) atoms. The Morgan fingerprint density at radius 1 is 1.23 bits per heavy atom. The van der Waals surface area contributed by atoms with Gasteiger partial charge in [-0.3, -0.25) is 4.79 Å². The normalized spacial score (nSPS) is 11.1. The molecule has 0 atom stereocenters. The second kappa shape index (κ2) is 8.63. The van der Waals surface area contributed by atoms with E-state index in [0.29, 0.717) is 24.5 Å². The van der Waals surface area contributed by atoms with Crippen molar-refractivity contribution in [1.82, 2.24) is 24.8 Å². The number of para-hydroxylation sites is 1. The van der Waals surface area contributed by atoms with Crippen molar-refractivity contribution in [1.29, 1.82) is 5.26 Å². The van der Waals surface area contributed by atoms with Crippen LogP contribution in [0, 0.1) is 25.2 Å². The number of hydrogen-bond donors (Lipinski definition) is 1. The highest BCUT2D eigenvalue weighted by Gasteiger charge is 2.10. The van der Waals surface area contributed by atoms with Crippen molar-refractivity contribution in [3.05, 3.63) is 71.7 Å². The van der Waals surface area contributed by atoms with E-state index in [2.05, 4.69) is 26.9 Å². The predicted octanol–water partition coefficient (Wildman–Crippen LogP) is 3.80. The molecule has 8 heteroatoms. The van der Waals surface area contributed by atoms with Crippen LogP contribution in [0.2, 0.25) is 0 Å². The number of fused-ring (bicyclic) bond motifs is 1. The van der Waals surface area contributed by atoms with Crippen molar-refractivity contribution in [3.63, 3.8) is 0 Å². The largest absolute Gasteiger partial charge is 0.346 e. The van der Waals surface area contributed by atoms with Crippen LogP contribution < -0.4 is 5.32 Å². The number of anilines is 1. The summed E-state index contributed by atoms with van der Waals surface area (Å²) in [5.41, 5.74) is 4.43. The van der Waals surface area contributed by atoms with Gasteiger partial charge in [-0.05, 0) is 54.1 Å². The van der Waals surface area contributed by atoms with Crippen molar-refractivity contribution < 1.29 is 4.79 Å². The quantitative estimate of drug-likeness (QED) is 0.486. The molecule has 1 amide bonds. The van der Waals surface area contributed by atoms with Gasteiger partial charge in [-0.2, -0.15) is 9.94 Å². The molecule has 2 heterocycles. The van der Waals surface area contributed by atoms with Gasteiger partial charge in [-0.1, -0.05) is 24.3 Å². The summed E-state index contributed by atoms with van der Waals surface area (Å²) in [5.74, 6) is 0.427. The van der Waals surface area contributed by atoms with E-state index >= 15 is 0 Å². The van der Waals surface area contributed by atoms with Crippen LogP contribution in [0.15, 0.2) is 54.7 Å². The molecule has 4 aromatic rings. The van der Waals surface area contributed by atoms with Crippen molar-refractivity contribution in [3.8, 4) is 11.8 Å². The number of nitriles is 1. The van der Waals surface area contributed by atoms with Crippen molar-refractivity contribution in [2.75, 3.05) is 5.32 Å². The van der Waals surface area contributed by atoms with E-state index in [4.69, 9.17) is 5.26 Å². The van der Waals surface area contributed by atoms with Gasteiger partial charge in [0.05, 0.1) is 18.2 Å². The monoisotopic (exact) mass is 411 g/mol. The number of carbonyl (C=O) groups excluding carboxylic acids is 1. The Morgan fingerprint density at radius 2 is 2.06 bits per heavy atom. The SMILES string of the molecule is Cc1ccc(NC(=O)/C=C/c2cn(CCC#N)c3ccccc23)cc1-n1nnnc1C. The number of aryl methyl sites for hydroxylation is 3. The molecule has 2 aromatic carbocycles. The van der Waals surface area contributed by atoms with Crippen LogP contribution in [0.5, 0.6) is 0 Å². The number of hydrogen-bond acceptors (Lipinski definition) is 5. The molecule has 2 aromatic heterocycles. The molecular formula is C23H21N7O. The highest BCUT2D eigenvalue weighted by Crippen LogP contribution is 2.23. The first kappa shape index (κ1) is 20.0. The first-order chi connectivity index (χ1) is 15.1. The summed E-state index contributed by atoms with van der Waals surface area (Å²) < 4.78 is 3.67. The highest BCUT2D eigenvalue weighted by molar-refractivity contribution is 6.03. The van der Waals surface area contributed by atoms with E-state index in [1.807, 2.05) is 67.1 Å². The zero-order chi connectivity index (χ0) is 21.8. The zero-order valence-corrected chi connectivity index (χ0v) is 17.3. The average molecular weight is 411 g/mol. The maximum atomic E-state index is 12.6. The number of carbonyl (C=O) groups is 1. The third kappa shape index (κ3) is 4.21. The summed E-state index contributed by atoms with van der Waals surface area (Å²) in [5, 5.41) is 24.4. The van der Waals surface area contributed by atoms with Gasteiger partial charge in [-0.25, -0.2) is 0 Å². The minimum Gasteiger partial charge on any atom is -0.346 e. The van der Waals surface area contributed by atoms with Crippen LogP contribution in [-0.4, -0.2) is 30.7 Å². The van der Waals surface area contributed by atoms with Gasteiger partial charge in [0.15, 0.2) is 5.82 Å². The smallest absolute Gasteiger partial charge is 0.248 e. The minimum absolute atomic E-state index is 0.239. The van der Waals surface area contributed by atoms with Crippen molar-refractivity contribution >= 4 is 28.6 Å². The third-order valence-corrected chi connectivity index (χ3v) is 5.03. The number of tetrazole rings is 1. The Hall–Kier alpha value is -4.25. The molecule has 0 aliphatic carbocycles. The highest BCUT2D eigenvalue weighted by atomic mass is 16.1. The Balaban J connectivity index is 1.55. The summed E-state index contributed by atoms with van der Waals surface area (Å²) >= 11 is 0. The van der Waals surface area contributed by atoms with Gasteiger partial charge in [0, 0.05) is 41.0 Å². The first-order valence-corrected chi connectivity index (χ1v) is 9.86. The molecule has 0 radical (unpaired) electrons. The lowest BCUT2D eigenvalue weighted by molar-refractivity contribution is -0.111. The van der Waals surface area contributed by atoms with Gasteiger partial charge in [0.2, 0.25) is 5.91 Å². The summed E-state index contributed by atoms with van der Waals surface area (Å²) in [6.07, 6.45) is 5.70. The minimum atomic E-state index is -0.239. The lowest BCUT2D eigenvalue weighted by atomic mass is 10.1. The van der Waals surface area contributed by atoms with E-state index in [9.17, 15) is 4.79 Å². The lowest BCUT2D eigenvalue weighted by Crippen LogP contribution is -2.09. The van der Waals surface area contributed by atoms with E-state index in [-0.39, 0.29) is 5.91 Å². The van der Waals surface area contributed by atoms with Crippen molar-refractivity contribution in [2.24, 2.45) is 0 Å². The molecule has 0 saturated carbocycles. The van der Waals surface area contributed by atoms with Crippen LogP contribution in [0.1, 0.15) is 23.4 Å². The molecule has 0 bridgehead atoms. The maximum absolute atomic E-state index is 12.6. The molecule has 0 aliphatic rings. The van der Waals surface area contributed by atoms with Gasteiger partial charge >= 0.3 is 0 Å². The number of benzene rings is 2. The predicted molar refractivity (Wildman–Crippen MR) is 118 cm³/mol. The molecule has 1 N–H and O–H groups in total. The van der Waals surface area contributed by atoms with Crippen molar-refractivity contribution in [2.45, 2.75) is 26.8 Å². The van der Waals surface area contributed by atoms with Crippen LogP contribution in [0.25, 0.3) is 22.7 Å². The molecule has 0 aliphatic heterocycles. The van der Waals surface area contributed by atoms with Gasteiger partial charge in [0.1, 0.15) is 0 Å². The summed E-state index contributed by atoms with van der Waals surface area (Å²) in [6.45, 7) is 4.39. The molecular weight excluding hydrogens is 390 g/mol. The van der Waals surface area contributed by atoms with Gasteiger partial charge < -0.3 is 9.88 Å². The Labute approximate surface area is 179 Å². The van der Waals surface area contributed by atoms with Crippen LogP contribution >= 0.6 is 0 Å². The fourth-order valence-electron chi connectivity index (χ4n) is 3.48. The Bertz CT molecular complexity index is 1320. The number of aromatic nitrogens is 5. The Morgan fingerprint density at radius 3 is 2.84 bits per heavy atom. The van der Waals surface area contributed by atoms with Crippen LogP contribution in [0.3, 0.4) is 0 Å². The standard InChI is InChI=1S/C23H21N7O/c1-16-8-10-19(14-22(16)30-17(2)26-27-28-30)25-23(31)11-9-18-15-29(13-5-12-24)21-7-4-3-6-20(18)21/h3-4,6-11,14-15H,5,13H2,1-2H3,(H,25,31)/b11-9+. The maximum Gasteiger partial charge on any atom is 0.248 e. The van der Waals surface area contributed by atoms with E-state index in [1.165, 1.54) is 6.08 Å². The number of nitrogens with one attached hydrogen (secondary N) is 1. The van der Waals surface area contributed by atoms with E-state index < -0.39 is 0 Å². The number of amides is 1. The first-order valence-electron chi connectivity index (χ1n) is 9.86. The summed E-state index contributed by atoms with van der Waals surface area (Å²) in [4.78, 5) is 12.6. The summed E-state index contributed by atoms with van der Waals surface area (Å²) in [7, 11) is 0. The molecule has 154 valence electrons. The van der Waals surface area contributed by atoms with Gasteiger partial charge in [0.25, 0.3) is 0 Å². The van der Waals surface area contributed by atoms with Gasteiger partial charge in [-0.15, -0.1) is 5.10 Å². The van der Waals surface area contributed by atoms with E-state index in [0.717, 1.165) is 27.7 Å². The van der Waals surface area contributed by atoms with Crippen LogP contribution in [0.4, 0.5) is 5.69 Å². The molecule has 0 saturated heterocycles.